The zero-order valence-corrected chi connectivity index (χ0v) is 17.4. The number of hydrogen-bond donors (Lipinski definition) is 1. The number of sulfone groups is 1. The largest absolute Gasteiger partial charge is 0.385 e. The molecule has 0 atom stereocenters. The molecule has 1 saturated heterocycles. The van der Waals surface area contributed by atoms with Gasteiger partial charge >= 0.3 is 0 Å². The van der Waals surface area contributed by atoms with Gasteiger partial charge in [-0.15, -0.1) is 0 Å². The van der Waals surface area contributed by atoms with Gasteiger partial charge in [0.1, 0.15) is 0 Å². The molecule has 0 saturated carbocycles. The minimum Gasteiger partial charge on any atom is -0.385 e. The predicted molar refractivity (Wildman–Crippen MR) is 107 cm³/mol. The number of nitrogens with zero attached hydrogens (tertiary/aromatic N) is 3. The Labute approximate surface area is 166 Å². The summed E-state index contributed by atoms with van der Waals surface area (Å²) in [5.41, 5.74) is 1.01. The summed E-state index contributed by atoms with van der Waals surface area (Å²) in [6, 6.07) is 9.79. The smallest absolute Gasteiger partial charge is 0.227 e. The fraction of sp³-hybridized carbons (Fsp3) is 0.550. The van der Waals surface area contributed by atoms with E-state index >= 15 is 0 Å². The van der Waals surface area contributed by atoms with Crippen molar-refractivity contribution in [1.29, 1.82) is 0 Å². The summed E-state index contributed by atoms with van der Waals surface area (Å²) in [4.78, 5) is 6.43. The van der Waals surface area contributed by atoms with E-state index in [4.69, 9.17) is 4.74 Å². The van der Waals surface area contributed by atoms with Gasteiger partial charge in [-0.1, -0.05) is 37.3 Å². The number of methoxy groups -OCH3 is 1. The standard InChI is InChI=1S/C20H29N3O4S/c1-3-28(25,26)19-21-15-18(23(19)13-14-27-2)16-22-11-9-20(24,10-12-22)17-7-5-4-6-8-17/h4-8,15,24H,3,9-14,16H2,1-2H3. The van der Waals surface area contributed by atoms with Crippen molar-refractivity contribution >= 4 is 9.84 Å². The molecule has 1 aromatic heterocycles. The number of likely N-dealkylation sites (tertiary alicyclic amines) is 1. The van der Waals surface area contributed by atoms with Crippen LogP contribution in [0.25, 0.3) is 0 Å². The number of imidazole rings is 1. The lowest BCUT2D eigenvalue weighted by molar-refractivity contribution is -0.0282. The summed E-state index contributed by atoms with van der Waals surface area (Å²) < 4.78 is 31.6. The third-order valence-electron chi connectivity index (χ3n) is 5.46. The van der Waals surface area contributed by atoms with Crippen LogP contribution in [-0.2, 0) is 33.3 Å². The molecule has 1 aromatic carbocycles. The Balaban J connectivity index is 1.73. The molecule has 1 fully saturated rings. The van der Waals surface area contributed by atoms with E-state index in [1.165, 1.54) is 0 Å². The van der Waals surface area contributed by atoms with Gasteiger partial charge in [0, 0.05) is 33.3 Å². The lowest BCUT2D eigenvalue weighted by atomic mass is 9.84. The van der Waals surface area contributed by atoms with Crippen molar-refractivity contribution in [2.75, 3.05) is 32.6 Å². The number of aliphatic hydroxyl groups is 1. The Morgan fingerprint density at radius 2 is 1.89 bits per heavy atom. The van der Waals surface area contributed by atoms with E-state index in [0.29, 0.717) is 32.5 Å². The minimum absolute atomic E-state index is 0.0181. The number of rotatable bonds is 8. The van der Waals surface area contributed by atoms with E-state index in [9.17, 15) is 13.5 Å². The summed E-state index contributed by atoms with van der Waals surface area (Å²) in [6.45, 7) is 4.55. The molecule has 0 aliphatic carbocycles. The minimum atomic E-state index is -3.40. The van der Waals surface area contributed by atoms with Gasteiger partial charge in [0.25, 0.3) is 0 Å². The van der Waals surface area contributed by atoms with Crippen LogP contribution in [0.5, 0.6) is 0 Å². The first-order valence-corrected chi connectivity index (χ1v) is 11.3. The average molecular weight is 408 g/mol. The third kappa shape index (κ3) is 4.46. The van der Waals surface area contributed by atoms with Crippen LogP contribution in [0.4, 0.5) is 0 Å². The van der Waals surface area contributed by atoms with Crippen LogP contribution in [0.3, 0.4) is 0 Å². The number of benzene rings is 1. The Morgan fingerprint density at radius 3 is 2.50 bits per heavy atom. The number of hydrogen-bond acceptors (Lipinski definition) is 6. The second-order valence-electron chi connectivity index (χ2n) is 7.25. The molecule has 8 heteroatoms. The van der Waals surface area contributed by atoms with Gasteiger partial charge in [0.15, 0.2) is 0 Å². The second kappa shape index (κ2) is 8.73. The van der Waals surface area contributed by atoms with Crippen molar-refractivity contribution in [3.05, 3.63) is 47.8 Å². The second-order valence-corrected chi connectivity index (χ2v) is 9.43. The van der Waals surface area contributed by atoms with Gasteiger partial charge in [-0.05, 0) is 18.4 Å². The van der Waals surface area contributed by atoms with Crippen LogP contribution in [0, 0.1) is 0 Å². The van der Waals surface area contributed by atoms with Gasteiger partial charge in [-0.2, -0.15) is 0 Å². The molecule has 1 N–H and O–H groups in total. The SMILES string of the molecule is CCS(=O)(=O)c1ncc(CN2CCC(O)(c3ccccc3)CC2)n1CCOC. The maximum absolute atomic E-state index is 12.4. The van der Waals surface area contributed by atoms with Crippen LogP contribution in [0.2, 0.25) is 0 Å². The van der Waals surface area contributed by atoms with Crippen LogP contribution < -0.4 is 0 Å². The molecule has 28 heavy (non-hydrogen) atoms. The summed E-state index contributed by atoms with van der Waals surface area (Å²) in [5, 5.41) is 11.1. The maximum Gasteiger partial charge on any atom is 0.227 e. The summed E-state index contributed by atoms with van der Waals surface area (Å²) in [7, 11) is -1.80. The van der Waals surface area contributed by atoms with Gasteiger partial charge in [0.05, 0.1) is 29.9 Å². The molecule has 2 aromatic rings. The molecule has 0 amide bonds. The topological polar surface area (TPSA) is 84.7 Å². The zero-order valence-electron chi connectivity index (χ0n) is 16.5. The van der Waals surface area contributed by atoms with Crippen molar-refractivity contribution in [1.82, 2.24) is 14.5 Å². The summed E-state index contributed by atoms with van der Waals surface area (Å²) >= 11 is 0. The number of aromatic nitrogens is 2. The third-order valence-corrected chi connectivity index (χ3v) is 7.10. The first-order chi connectivity index (χ1) is 13.4. The maximum atomic E-state index is 12.4. The van der Waals surface area contributed by atoms with E-state index < -0.39 is 15.4 Å². The molecule has 3 rings (SSSR count). The molecular weight excluding hydrogens is 378 g/mol. The van der Waals surface area contributed by atoms with Crippen LogP contribution in [0.1, 0.15) is 31.0 Å². The summed E-state index contributed by atoms with van der Waals surface area (Å²) in [5.74, 6) is 0.0181. The lowest BCUT2D eigenvalue weighted by Crippen LogP contribution is -2.42. The molecule has 2 heterocycles. The van der Waals surface area contributed by atoms with E-state index in [1.807, 2.05) is 30.3 Å². The van der Waals surface area contributed by atoms with Crippen molar-refractivity contribution in [2.45, 2.75) is 43.6 Å². The van der Waals surface area contributed by atoms with Crippen LogP contribution in [0.15, 0.2) is 41.7 Å². The molecule has 1 aliphatic rings. The van der Waals surface area contributed by atoms with Gasteiger partial charge in [0.2, 0.25) is 15.0 Å². The first kappa shape index (κ1) is 21.0. The molecular formula is C20H29N3O4S. The van der Waals surface area contributed by atoms with Crippen molar-refractivity contribution in [2.24, 2.45) is 0 Å². The monoisotopic (exact) mass is 407 g/mol. The zero-order chi connectivity index (χ0) is 20.2. The molecule has 1 aliphatic heterocycles. The molecule has 154 valence electrons. The first-order valence-electron chi connectivity index (χ1n) is 9.66. The predicted octanol–water partition coefficient (Wildman–Crippen LogP) is 1.81. The van der Waals surface area contributed by atoms with Crippen LogP contribution in [-0.4, -0.2) is 60.5 Å². The van der Waals surface area contributed by atoms with E-state index in [2.05, 4.69) is 9.88 Å². The highest BCUT2D eigenvalue weighted by Gasteiger charge is 2.34. The Kier molecular flexibility index (Phi) is 6.54. The van der Waals surface area contributed by atoms with Gasteiger partial charge < -0.3 is 14.4 Å². The number of piperidine rings is 1. The molecule has 0 radical (unpaired) electrons. The van der Waals surface area contributed by atoms with E-state index in [-0.39, 0.29) is 10.9 Å². The Morgan fingerprint density at radius 1 is 1.21 bits per heavy atom. The lowest BCUT2D eigenvalue weighted by Gasteiger charge is -2.38. The highest BCUT2D eigenvalue weighted by atomic mass is 32.2. The fourth-order valence-electron chi connectivity index (χ4n) is 3.66. The molecule has 0 bridgehead atoms. The van der Waals surface area contributed by atoms with Gasteiger partial charge in [-0.3, -0.25) is 4.90 Å². The Bertz CT molecular complexity index is 872. The van der Waals surface area contributed by atoms with Crippen LogP contribution >= 0.6 is 0 Å². The fourth-order valence-corrected chi connectivity index (χ4v) is 4.68. The normalized spacial score (nSPS) is 17.7. The Hall–Kier alpha value is -1.74. The number of ether oxygens (including phenoxy) is 1. The highest BCUT2D eigenvalue weighted by molar-refractivity contribution is 7.91. The van der Waals surface area contributed by atoms with Crippen molar-refractivity contribution < 1.29 is 18.3 Å². The quantitative estimate of drug-likeness (QED) is 0.718. The van der Waals surface area contributed by atoms with Gasteiger partial charge in [-0.25, -0.2) is 13.4 Å². The molecule has 0 spiro atoms. The molecule has 7 nitrogen and oxygen atoms in total. The highest BCUT2D eigenvalue weighted by Crippen LogP contribution is 2.33. The van der Waals surface area contributed by atoms with E-state index in [0.717, 1.165) is 24.3 Å². The average Bonchev–Trinajstić information content (AvgIpc) is 3.12. The van der Waals surface area contributed by atoms with E-state index in [1.54, 1.807) is 24.8 Å². The van der Waals surface area contributed by atoms with Crippen molar-refractivity contribution in [3.63, 3.8) is 0 Å². The molecule has 0 unspecified atom stereocenters. The summed E-state index contributed by atoms with van der Waals surface area (Å²) in [6.07, 6.45) is 2.93. The van der Waals surface area contributed by atoms with Crippen molar-refractivity contribution in [3.8, 4) is 0 Å².